The van der Waals surface area contributed by atoms with Crippen molar-refractivity contribution in [3.8, 4) is 5.75 Å². The maximum absolute atomic E-state index is 11.4. The summed E-state index contributed by atoms with van der Waals surface area (Å²) in [7, 11) is 0. The van der Waals surface area contributed by atoms with Crippen LogP contribution in [0.15, 0.2) is 20.4 Å². The van der Waals surface area contributed by atoms with Gasteiger partial charge in [-0.2, -0.15) is 0 Å². The average Bonchev–Trinajstić information content (AvgIpc) is 2.15. The molecule has 0 saturated heterocycles. The largest absolute Gasteiger partial charge is 0.507 e. The van der Waals surface area contributed by atoms with Crippen molar-refractivity contribution >= 4 is 11.0 Å². The molecule has 0 aliphatic heterocycles. The number of H-pyrrole nitrogens is 2. The second kappa shape index (κ2) is 3.37. The van der Waals surface area contributed by atoms with Crippen LogP contribution in [0.2, 0.25) is 0 Å². The summed E-state index contributed by atoms with van der Waals surface area (Å²) < 4.78 is 1.16. The molecular weight excluding hydrogens is 214 g/mol. The van der Waals surface area contributed by atoms with Gasteiger partial charge in [-0.1, -0.05) is 0 Å². The number of nitrogens with one attached hydrogen (secondary N) is 2. The van der Waals surface area contributed by atoms with Crippen molar-refractivity contribution in [2.45, 2.75) is 13.5 Å². The molecule has 7 heteroatoms. The highest BCUT2D eigenvalue weighted by Gasteiger charge is 2.11. The molecule has 84 valence electrons. The fourth-order valence-electron chi connectivity index (χ4n) is 1.59. The van der Waals surface area contributed by atoms with Crippen molar-refractivity contribution in [2.24, 2.45) is 0 Å². The molecule has 0 radical (unpaired) electrons. The lowest BCUT2D eigenvalue weighted by molar-refractivity contribution is 0.479. The molecule has 7 nitrogen and oxygen atoms in total. The molecule has 0 bridgehead atoms. The third-order valence-corrected chi connectivity index (χ3v) is 2.28. The smallest absolute Gasteiger partial charge is 0.329 e. The number of hydrogen-bond acceptors (Lipinski definition) is 4. The van der Waals surface area contributed by atoms with Crippen LogP contribution in [0.25, 0.3) is 11.0 Å². The number of pyridine rings is 1. The Balaban J connectivity index is 3.18. The fourth-order valence-corrected chi connectivity index (χ4v) is 1.59. The first-order valence-corrected chi connectivity index (χ1v) is 4.63. The third-order valence-electron chi connectivity index (χ3n) is 2.28. The van der Waals surface area contributed by atoms with Gasteiger partial charge < -0.3 is 10.1 Å². The molecule has 2 rings (SSSR count). The number of aromatic amines is 2. The first-order valence-electron chi connectivity index (χ1n) is 4.63. The standard InChI is InChI=1S/C9H9N3O4/c1-2-12-7-6(8(15)11-9(12)16)4(13)3-5(14)10-7/h3H,2H2,1H3,(H2,10,13,14)(H,11,15,16). The Morgan fingerprint density at radius 3 is 2.62 bits per heavy atom. The number of nitrogens with zero attached hydrogens (tertiary/aromatic N) is 1. The maximum Gasteiger partial charge on any atom is 0.329 e. The summed E-state index contributed by atoms with van der Waals surface area (Å²) in [6.07, 6.45) is 0. The minimum Gasteiger partial charge on any atom is -0.507 e. The molecule has 0 aliphatic carbocycles. The van der Waals surface area contributed by atoms with E-state index in [9.17, 15) is 19.5 Å². The molecule has 0 spiro atoms. The van der Waals surface area contributed by atoms with E-state index in [-0.39, 0.29) is 17.6 Å². The van der Waals surface area contributed by atoms with Crippen LogP contribution in [0.1, 0.15) is 6.92 Å². The van der Waals surface area contributed by atoms with Crippen molar-refractivity contribution in [2.75, 3.05) is 0 Å². The normalized spacial score (nSPS) is 10.8. The van der Waals surface area contributed by atoms with Gasteiger partial charge in [0.2, 0.25) is 0 Å². The van der Waals surface area contributed by atoms with Crippen molar-refractivity contribution in [3.63, 3.8) is 0 Å². The molecule has 2 aromatic heterocycles. The van der Waals surface area contributed by atoms with E-state index in [0.29, 0.717) is 0 Å². The topological polar surface area (TPSA) is 108 Å². The Morgan fingerprint density at radius 2 is 2.00 bits per heavy atom. The summed E-state index contributed by atoms with van der Waals surface area (Å²) in [5, 5.41) is 9.39. The Bertz CT molecular complexity index is 722. The second-order valence-corrected chi connectivity index (χ2v) is 3.25. The predicted molar refractivity (Wildman–Crippen MR) is 56.8 cm³/mol. The quantitative estimate of drug-likeness (QED) is 0.582. The molecule has 2 aromatic rings. The van der Waals surface area contributed by atoms with Crippen LogP contribution < -0.4 is 16.8 Å². The number of hydrogen-bond donors (Lipinski definition) is 3. The molecule has 0 fully saturated rings. The Morgan fingerprint density at radius 1 is 1.31 bits per heavy atom. The van der Waals surface area contributed by atoms with Gasteiger partial charge in [0.15, 0.2) is 0 Å². The second-order valence-electron chi connectivity index (χ2n) is 3.25. The van der Waals surface area contributed by atoms with E-state index in [1.807, 2.05) is 0 Å². The number of fused-ring (bicyclic) bond motifs is 1. The molecule has 0 unspecified atom stereocenters. The van der Waals surface area contributed by atoms with E-state index >= 15 is 0 Å². The van der Waals surface area contributed by atoms with Crippen LogP contribution in [0, 0.1) is 0 Å². The Kier molecular flexibility index (Phi) is 2.15. The minimum absolute atomic E-state index is 0.0289. The van der Waals surface area contributed by atoms with Crippen molar-refractivity contribution in [1.29, 1.82) is 0 Å². The monoisotopic (exact) mass is 223 g/mol. The van der Waals surface area contributed by atoms with Gasteiger partial charge in [-0.15, -0.1) is 0 Å². The number of aromatic nitrogens is 3. The highest BCUT2D eigenvalue weighted by Crippen LogP contribution is 2.14. The van der Waals surface area contributed by atoms with Crippen LogP contribution in [0.4, 0.5) is 0 Å². The summed E-state index contributed by atoms with van der Waals surface area (Å²) in [5.74, 6) is -0.442. The molecule has 0 atom stereocenters. The first kappa shape index (κ1) is 10.2. The van der Waals surface area contributed by atoms with Crippen LogP contribution in [-0.4, -0.2) is 19.6 Å². The average molecular weight is 223 g/mol. The molecule has 3 N–H and O–H groups in total. The zero-order valence-corrected chi connectivity index (χ0v) is 8.40. The molecule has 0 aliphatic rings. The van der Waals surface area contributed by atoms with Crippen LogP contribution in [-0.2, 0) is 6.54 Å². The number of rotatable bonds is 1. The molecule has 2 heterocycles. The zero-order chi connectivity index (χ0) is 11.9. The van der Waals surface area contributed by atoms with Crippen LogP contribution in [0.3, 0.4) is 0 Å². The van der Waals surface area contributed by atoms with Crippen LogP contribution >= 0.6 is 0 Å². The van der Waals surface area contributed by atoms with Crippen molar-refractivity contribution in [1.82, 2.24) is 14.5 Å². The van der Waals surface area contributed by atoms with Crippen molar-refractivity contribution < 1.29 is 5.11 Å². The summed E-state index contributed by atoms with van der Waals surface area (Å²) in [5.41, 5.74) is -1.89. The summed E-state index contributed by atoms with van der Waals surface area (Å²) in [6, 6.07) is 0.891. The molecule has 0 saturated carbocycles. The summed E-state index contributed by atoms with van der Waals surface area (Å²) in [6.45, 7) is 1.95. The third kappa shape index (κ3) is 1.33. The van der Waals surface area contributed by atoms with Gasteiger partial charge in [0.1, 0.15) is 16.8 Å². The summed E-state index contributed by atoms with van der Waals surface area (Å²) >= 11 is 0. The lowest BCUT2D eigenvalue weighted by atomic mass is 10.3. The lowest BCUT2D eigenvalue weighted by Gasteiger charge is -2.06. The van der Waals surface area contributed by atoms with Gasteiger partial charge in [0.25, 0.3) is 11.1 Å². The molecular formula is C9H9N3O4. The minimum atomic E-state index is -0.724. The lowest BCUT2D eigenvalue weighted by Crippen LogP contribution is -2.31. The zero-order valence-electron chi connectivity index (χ0n) is 8.40. The summed E-state index contributed by atoms with van der Waals surface area (Å²) in [4.78, 5) is 38.4. The fraction of sp³-hybridized carbons (Fsp3) is 0.222. The van der Waals surface area contributed by atoms with Gasteiger partial charge in [-0.3, -0.25) is 19.1 Å². The van der Waals surface area contributed by atoms with E-state index in [0.717, 1.165) is 10.6 Å². The SMILES string of the molecule is CCn1c(=O)[nH]c(=O)c2c(O)cc(=O)[nH]c21. The van der Waals surface area contributed by atoms with E-state index < -0.39 is 22.6 Å². The Hall–Kier alpha value is -2.31. The van der Waals surface area contributed by atoms with Crippen molar-refractivity contribution in [3.05, 3.63) is 37.3 Å². The highest BCUT2D eigenvalue weighted by molar-refractivity contribution is 5.80. The maximum atomic E-state index is 11.4. The van der Waals surface area contributed by atoms with E-state index in [4.69, 9.17) is 0 Å². The Labute approximate surface area is 88.0 Å². The van der Waals surface area contributed by atoms with Gasteiger partial charge in [0.05, 0.1) is 0 Å². The van der Waals surface area contributed by atoms with Gasteiger partial charge in [0, 0.05) is 12.6 Å². The van der Waals surface area contributed by atoms with Gasteiger partial charge in [-0.05, 0) is 6.92 Å². The molecule has 16 heavy (non-hydrogen) atoms. The van der Waals surface area contributed by atoms with Crippen LogP contribution in [0.5, 0.6) is 5.75 Å². The highest BCUT2D eigenvalue weighted by atomic mass is 16.3. The predicted octanol–water partition coefficient (Wildman–Crippen LogP) is -0.896. The number of aromatic hydroxyl groups is 1. The van der Waals surface area contributed by atoms with E-state index in [1.165, 1.54) is 0 Å². The van der Waals surface area contributed by atoms with E-state index in [1.54, 1.807) is 6.92 Å². The van der Waals surface area contributed by atoms with Gasteiger partial charge >= 0.3 is 5.69 Å². The first-order chi connectivity index (χ1) is 7.54. The number of aryl methyl sites for hydroxylation is 1. The molecule has 0 amide bonds. The molecule has 0 aromatic carbocycles. The van der Waals surface area contributed by atoms with E-state index in [2.05, 4.69) is 9.97 Å². The van der Waals surface area contributed by atoms with Gasteiger partial charge in [-0.25, -0.2) is 4.79 Å².